The number of quaternary nitrogens is 1. The Morgan fingerprint density at radius 1 is 1.10 bits per heavy atom. The topological polar surface area (TPSA) is 35.1 Å². The molecule has 1 fully saturated rings. The van der Waals surface area contributed by atoms with Crippen LogP contribution in [0.15, 0.2) is 25.3 Å². The molecule has 0 radical (unpaired) electrons. The van der Waals surface area contributed by atoms with Gasteiger partial charge in [-0.25, -0.2) is 0 Å². The predicted molar refractivity (Wildman–Crippen MR) is 93.0 cm³/mol. The summed E-state index contributed by atoms with van der Waals surface area (Å²) >= 11 is 10.8. The van der Waals surface area contributed by atoms with Crippen LogP contribution in [0, 0.1) is 0 Å². The lowest BCUT2D eigenvalue weighted by molar-refractivity contribution is -0.632. The molecule has 0 amide bonds. The Balaban J connectivity index is 2.24. The van der Waals surface area contributed by atoms with Crippen molar-refractivity contribution < 1.29 is 5.32 Å². The van der Waals surface area contributed by atoms with Crippen LogP contribution in [0.4, 0.5) is 0 Å². The van der Waals surface area contributed by atoms with Gasteiger partial charge in [0.2, 0.25) is 0 Å². The standard InChI is InChI=1S/C14H24N4S2/c1-3-5-7-16-14(20)18-10-8-17(9-11-18)13(19)12-15-6-4-2/h3-4,15H,1-2,5-12H2,(H,16,20)/p+1. The summed E-state index contributed by atoms with van der Waals surface area (Å²) in [5.74, 6) is 0. The summed E-state index contributed by atoms with van der Waals surface area (Å²) in [6.07, 6.45) is 4.73. The van der Waals surface area contributed by atoms with Crippen LogP contribution in [-0.2, 0) is 0 Å². The molecule has 3 N–H and O–H groups in total. The average molecular weight is 314 g/mol. The average Bonchev–Trinajstić information content (AvgIpc) is 2.47. The lowest BCUT2D eigenvalue weighted by atomic mass is 10.3. The highest BCUT2D eigenvalue weighted by atomic mass is 32.1. The van der Waals surface area contributed by atoms with Gasteiger partial charge in [-0.1, -0.05) is 24.9 Å². The highest BCUT2D eigenvalue weighted by molar-refractivity contribution is 7.80. The van der Waals surface area contributed by atoms with E-state index in [-0.39, 0.29) is 0 Å². The van der Waals surface area contributed by atoms with Gasteiger partial charge in [-0.3, -0.25) is 0 Å². The van der Waals surface area contributed by atoms with Gasteiger partial charge in [0.15, 0.2) is 5.11 Å². The van der Waals surface area contributed by atoms with Gasteiger partial charge in [0, 0.05) is 32.7 Å². The minimum atomic E-state index is 0.843. The Kier molecular flexibility index (Phi) is 8.41. The zero-order chi connectivity index (χ0) is 14.8. The van der Waals surface area contributed by atoms with E-state index >= 15 is 0 Å². The first kappa shape index (κ1) is 17.1. The van der Waals surface area contributed by atoms with Gasteiger partial charge >= 0.3 is 0 Å². The van der Waals surface area contributed by atoms with Crippen LogP contribution in [0.1, 0.15) is 6.42 Å². The second-order valence-electron chi connectivity index (χ2n) is 4.69. The van der Waals surface area contributed by atoms with E-state index in [1.807, 2.05) is 12.2 Å². The number of rotatable bonds is 7. The van der Waals surface area contributed by atoms with E-state index in [1.54, 1.807) is 0 Å². The number of thiocarbonyl (C=S) groups is 2. The van der Waals surface area contributed by atoms with Crippen molar-refractivity contribution in [2.75, 3.05) is 45.8 Å². The number of piperazine rings is 1. The molecule has 20 heavy (non-hydrogen) atoms. The summed E-state index contributed by atoms with van der Waals surface area (Å²) in [5.41, 5.74) is 0. The summed E-state index contributed by atoms with van der Waals surface area (Å²) in [7, 11) is 0. The quantitative estimate of drug-likeness (QED) is 0.397. The third-order valence-electron chi connectivity index (χ3n) is 3.20. The largest absolute Gasteiger partial charge is 0.362 e. The Labute approximate surface area is 132 Å². The molecule has 6 heteroatoms. The highest BCUT2D eigenvalue weighted by Gasteiger charge is 2.20. The summed E-state index contributed by atoms with van der Waals surface area (Å²) in [6.45, 7) is 13.8. The molecule has 0 aliphatic carbocycles. The molecule has 0 aromatic rings. The third kappa shape index (κ3) is 5.98. The Bertz CT molecular complexity index is 315. The van der Waals surface area contributed by atoms with Crippen LogP contribution >= 0.6 is 24.4 Å². The maximum absolute atomic E-state index is 5.46. The van der Waals surface area contributed by atoms with Crippen LogP contribution in [0.3, 0.4) is 0 Å². The first-order chi connectivity index (χ1) is 9.69. The summed E-state index contributed by atoms with van der Waals surface area (Å²) in [5, 5.41) is 6.27. The van der Waals surface area contributed by atoms with E-state index in [0.717, 1.165) is 62.3 Å². The van der Waals surface area contributed by atoms with Crippen LogP contribution in [0.5, 0.6) is 0 Å². The van der Waals surface area contributed by atoms with Gasteiger partial charge in [-0.15, -0.1) is 6.58 Å². The predicted octanol–water partition coefficient (Wildman–Crippen LogP) is 0.131. The zero-order valence-corrected chi connectivity index (χ0v) is 13.6. The molecule has 0 spiro atoms. The molecule has 0 aromatic heterocycles. The van der Waals surface area contributed by atoms with Gasteiger partial charge in [0.25, 0.3) is 0 Å². The molecule has 0 unspecified atom stereocenters. The van der Waals surface area contributed by atoms with Crippen LogP contribution in [-0.4, -0.2) is 65.7 Å². The molecule has 1 aliphatic rings. The molecule has 1 saturated heterocycles. The number of nitrogens with two attached hydrogens (primary N) is 1. The number of nitrogens with zero attached hydrogens (tertiary/aromatic N) is 2. The van der Waals surface area contributed by atoms with E-state index in [0.29, 0.717) is 0 Å². The van der Waals surface area contributed by atoms with Crippen molar-refractivity contribution in [3.05, 3.63) is 25.3 Å². The van der Waals surface area contributed by atoms with Gasteiger partial charge in [0.1, 0.15) is 11.5 Å². The van der Waals surface area contributed by atoms with Gasteiger partial charge in [-0.05, 0) is 24.7 Å². The molecule has 0 bridgehead atoms. The molecule has 4 nitrogen and oxygen atoms in total. The third-order valence-corrected chi connectivity index (χ3v) is 4.02. The number of hydrogen-bond acceptors (Lipinski definition) is 2. The molecule has 112 valence electrons. The normalized spacial score (nSPS) is 14.8. The zero-order valence-electron chi connectivity index (χ0n) is 12.0. The Morgan fingerprint density at radius 2 is 1.75 bits per heavy atom. The van der Waals surface area contributed by atoms with E-state index < -0.39 is 0 Å². The van der Waals surface area contributed by atoms with Gasteiger partial charge < -0.3 is 20.4 Å². The first-order valence-electron chi connectivity index (χ1n) is 7.03. The van der Waals surface area contributed by atoms with Gasteiger partial charge in [-0.2, -0.15) is 0 Å². The Hall–Kier alpha value is -0.980. The van der Waals surface area contributed by atoms with E-state index in [9.17, 15) is 0 Å². The molecule has 0 aromatic carbocycles. The molecule has 0 saturated carbocycles. The van der Waals surface area contributed by atoms with Crippen LogP contribution < -0.4 is 10.6 Å². The number of hydrogen-bond donors (Lipinski definition) is 2. The maximum atomic E-state index is 5.46. The molecular weight excluding hydrogens is 288 g/mol. The fourth-order valence-corrected chi connectivity index (χ4v) is 2.59. The van der Waals surface area contributed by atoms with Crippen molar-refractivity contribution in [1.29, 1.82) is 0 Å². The second kappa shape index (κ2) is 9.85. The monoisotopic (exact) mass is 313 g/mol. The number of nitrogens with one attached hydrogen (secondary N) is 1. The molecular formula is C14H25N4S2+. The second-order valence-corrected chi connectivity index (χ2v) is 5.55. The minimum absolute atomic E-state index is 0.843. The molecule has 1 rings (SSSR count). The molecule has 1 aliphatic heterocycles. The lowest BCUT2D eigenvalue weighted by Gasteiger charge is -2.37. The highest BCUT2D eigenvalue weighted by Crippen LogP contribution is 2.03. The lowest BCUT2D eigenvalue weighted by Crippen LogP contribution is -2.86. The smallest absolute Gasteiger partial charge is 0.169 e. The fraction of sp³-hybridized carbons (Fsp3) is 0.571. The summed E-state index contributed by atoms with van der Waals surface area (Å²) in [4.78, 5) is 5.51. The van der Waals surface area contributed by atoms with Crippen molar-refractivity contribution in [1.82, 2.24) is 15.1 Å². The summed E-state index contributed by atoms with van der Waals surface area (Å²) in [6, 6.07) is 0. The van der Waals surface area contributed by atoms with Crippen LogP contribution in [0.25, 0.3) is 0 Å². The van der Waals surface area contributed by atoms with Crippen molar-refractivity contribution >= 4 is 34.5 Å². The SMILES string of the molecule is C=CCCNC(=S)N1CCN(C(=S)C[NH2+]CC=C)CC1. The maximum Gasteiger partial charge on any atom is 0.169 e. The van der Waals surface area contributed by atoms with Crippen molar-refractivity contribution in [2.24, 2.45) is 0 Å². The van der Waals surface area contributed by atoms with Gasteiger partial charge in [0.05, 0.1) is 6.54 Å². The fourth-order valence-electron chi connectivity index (χ4n) is 2.01. The van der Waals surface area contributed by atoms with Crippen LogP contribution in [0.2, 0.25) is 0 Å². The summed E-state index contributed by atoms with van der Waals surface area (Å²) < 4.78 is 0. The molecule has 0 atom stereocenters. The molecule has 1 heterocycles. The minimum Gasteiger partial charge on any atom is -0.362 e. The van der Waals surface area contributed by atoms with Crippen molar-refractivity contribution in [3.8, 4) is 0 Å². The van der Waals surface area contributed by atoms with E-state index in [1.165, 1.54) is 0 Å². The van der Waals surface area contributed by atoms with E-state index in [4.69, 9.17) is 24.4 Å². The Morgan fingerprint density at radius 3 is 2.35 bits per heavy atom. The van der Waals surface area contributed by atoms with E-state index in [2.05, 4.69) is 33.6 Å². The van der Waals surface area contributed by atoms with Crippen molar-refractivity contribution in [3.63, 3.8) is 0 Å². The van der Waals surface area contributed by atoms with Crippen molar-refractivity contribution in [2.45, 2.75) is 6.42 Å². The first-order valence-corrected chi connectivity index (χ1v) is 7.84.